The number of carbonyl (C=O) groups is 1. The molecule has 0 N–H and O–H groups in total. The molecule has 0 saturated heterocycles. The summed E-state index contributed by atoms with van der Waals surface area (Å²) in [6.45, 7) is 6.69. The van der Waals surface area contributed by atoms with Crippen molar-refractivity contribution in [2.45, 2.75) is 37.2 Å². The second kappa shape index (κ2) is 6.91. The number of nitrogens with zero attached hydrogens (tertiary/aromatic N) is 4. The summed E-state index contributed by atoms with van der Waals surface area (Å²) < 4.78 is 26.0. The van der Waals surface area contributed by atoms with Crippen molar-refractivity contribution < 1.29 is 13.2 Å². The molecule has 0 spiro atoms. The van der Waals surface area contributed by atoms with E-state index < -0.39 is 15.9 Å². The van der Waals surface area contributed by atoms with E-state index in [9.17, 15) is 13.2 Å². The molecule has 0 saturated carbocycles. The molecule has 0 bridgehead atoms. The zero-order valence-corrected chi connectivity index (χ0v) is 14.2. The molecule has 1 aromatic carbocycles. The van der Waals surface area contributed by atoms with E-state index in [-0.39, 0.29) is 10.1 Å². The molecular weight excluding hydrogens is 316 g/mol. The molecule has 124 valence electrons. The quantitative estimate of drug-likeness (QED) is 0.833. The van der Waals surface area contributed by atoms with Crippen molar-refractivity contribution in [2.75, 3.05) is 13.1 Å². The van der Waals surface area contributed by atoms with Crippen molar-refractivity contribution in [1.29, 1.82) is 0 Å². The van der Waals surface area contributed by atoms with Crippen LogP contribution >= 0.6 is 0 Å². The van der Waals surface area contributed by atoms with Crippen LogP contribution in [0.2, 0.25) is 0 Å². The molecule has 0 atom stereocenters. The van der Waals surface area contributed by atoms with Crippen LogP contribution in [-0.4, -0.2) is 47.2 Å². The Labute approximate surface area is 135 Å². The maximum atomic E-state index is 12.5. The van der Waals surface area contributed by atoms with Gasteiger partial charge in [0.05, 0.1) is 4.90 Å². The lowest BCUT2D eigenvalue weighted by molar-refractivity contribution is 0.201. The van der Waals surface area contributed by atoms with Crippen LogP contribution in [0.3, 0.4) is 0 Å². The van der Waals surface area contributed by atoms with E-state index in [1.165, 1.54) is 17.0 Å². The predicted octanol–water partition coefficient (Wildman–Crippen LogP) is 1.98. The number of carbonyl (C=O) groups excluding carboxylic acids is 1. The third-order valence-corrected chi connectivity index (χ3v) is 5.14. The highest BCUT2D eigenvalue weighted by Crippen LogP contribution is 2.18. The standard InChI is InChI=1S/C15H20N4O3S/c1-4-12-7-9-13(10-8-12)23(21,22)14-16-11-19(17-14)15(20)18(5-2)6-3/h7-11H,4-6H2,1-3H3. The van der Waals surface area contributed by atoms with Gasteiger partial charge in [-0.1, -0.05) is 19.1 Å². The first-order chi connectivity index (χ1) is 10.9. The number of sulfone groups is 1. The highest BCUT2D eigenvalue weighted by Gasteiger charge is 2.24. The first-order valence-corrected chi connectivity index (χ1v) is 8.97. The van der Waals surface area contributed by atoms with Crippen LogP contribution in [0.1, 0.15) is 26.3 Å². The molecule has 1 heterocycles. The average Bonchev–Trinajstić information content (AvgIpc) is 3.06. The van der Waals surface area contributed by atoms with Gasteiger partial charge in [0.25, 0.3) is 5.16 Å². The molecule has 0 aliphatic rings. The van der Waals surface area contributed by atoms with E-state index in [0.717, 1.165) is 23.0 Å². The van der Waals surface area contributed by atoms with Gasteiger partial charge < -0.3 is 4.90 Å². The van der Waals surface area contributed by atoms with Crippen LogP contribution in [0.15, 0.2) is 40.6 Å². The summed E-state index contributed by atoms with van der Waals surface area (Å²) >= 11 is 0. The van der Waals surface area contributed by atoms with Crippen LogP contribution in [0, 0.1) is 0 Å². The molecule has 1 aromatic heterocycles. The van der Waals surface area contributed by atoms with Gasteiger partial charge in [0.1, 0.15) is 6.33 Å². The van der Waals surface area contributed by atoms with Crippen molar-refractivity contribution >= 4 is 15.9 Å². The van der Waals surface area contributed by atoms with E-state index in [1.807, 2.05) is 20.8 Å². The van der Waals surface area contributed by atoms with E-state index >= 15 is 0 Å². The number of rotatable bonds is 5. The predicted molar refractivity (Wildman–Crippen MR) is 85.0 cm³/mol. The van der Waals surface area contributed by atoms with Gasteiger partial charge in [-0.05, 0) is 38.0 Å². The van der Waals surface area contributed by atoms with Gasteiger partial charge in [-0.25, -0.2) is 18.2 Å². The number of hydrogen-bond donors (Lipinski definition) is 0. The average molecular weight is 336 g/mol. The Bertz CT molecular complexity index is 777. The maximum absolute atomic E-state index is 12.5. The summed E-state index contributed by atoms with van der Waals surface area (Å²) in [6, 6.07) is 6.17. The summed E-state index contributed by atoms with van der Waals surface area (Å²) in [4.78, 5) is 17.6. The van der Waals surface area contributed by atoms with E-state index in [4.69, 9.17) is 0 Å². The molecular formula is C15H20N4O3S. The normalized spacial score (nSPS) is 11.4. The monoisotopic (exact) mass is 336 g/mol. The zero-order valence-electron chi connectivity index (χ0n) is 13.4. The molecule has 2 aromatic rings. The molecule has 0 radical (unpaired) electrons. The second-order valence-corrected chi connectivity index (χ2v) is 6.77. The van der Waals surface area contributed by atoms with Crippen molar-refractivity contribution in [3.8, 4) is 0 Å². The van der Waals surface area contributed by atoms with Crippen LogP contribution in [0.5, 0.6) is 0 Å². The third kappa shape index (κ3) is 3.42. The fraction of sp³-hybridized carbons (Fsp3) is 0.400. The fourth-order valence-corrected chi connectivity index (χ4v) is 3.20. The van der Waals surface area contributed by atoms with Crippen LogP contribution in [0.4, 0.5) is 4.79 Å². The minimum Gasteiger partial charge on any atom is -0.323 e. The Hall–Kier alpha value is -2.22. The van der Waals surface area contributed by atoms with Gasteiger partial charge in [-0.15, -0.1) is 5.10 Å². The Balaban J connectivity index is 2.32. The largest absolute Gasteiger partial charge is 0.346 e. The Morgan fingerprint density at radius 3 is 2.26 bits per heavy atom. The van der Waals surface area contributed by atoms with E-state index in [1.54, 1.807) is 12.1 Å². The number of aromatic nitrogens is 3. The lowest BCUT2D eigenvalue weighted by Crippen LogP contribution is -2.34. The van der Waals surface area contributed by atoms with Gasteiger partial charge >= 0.3 is 6.03 Å². The zero-order chi connectivity index (χ0) is 17.0. The number of hydrogen-bond acceptors (Lipinski definition) is 5. The van der Waals surface area contributed by atoms with Crippen molar-refractivity contribution in [3.05, 3.63) is 36.2 Å². The van der Waals surface area contributed by atoms with Crippen molar-refractivity contribution in [1.82, 2.24) is 19.7 Å². The van der Waals surface area contributed by atoms with Gasteiger partial charge in [-0.2, -0.15) is 4.68 Å². The van der Waals surface area contributed by atoms with Gasteiger partial charge in [0.15, 0.2) is 0 Å². The minimum absolute atomic E-state index is 0.114. The second-order valence-electron chi connectivity index (χ2n) is 4.93. The Morgan fingerprint density at radius 1 is 1.13 bits per heavy atom. The molecule has 2 rings (SSSR count). The summed E-state index contributed by atoms with van der Waals surface area (Å²) in [7, 11) is -3.83. The highest BCUT2D eigenvalue weighted by atomic mass is 32.2. The van der Waals surface area contributed by atoms with Gasteiger partial charge in [-0.3, -0.25) is 0 Å². The summed E-state index contributed by atoms with van der Waals surface area (Å²) in [5, 5.41) is 3.47. The summed E-state index contributed by atoms with van der Waals surface area (Å²) in [5.41, 5.74) is 1.04. The Morgan fingerprint density at radius 2 is 1.74 bits per heavy atom. The van der Waals surface area contributed by atoms with Crippen LogP contribution < -0.4 is 0 Å². The maximum Gasteiger partial charge on any atom is 0.346 e. The molecule has 8 heteroatoms. The highest BCUT2D eigenvalue weighted by molar-refractivity contribution is 7.91. The van der Waals surface area contributed by atoms with Gasteiger partial charge in [0, 0.05) is 13.1 Å². The SMILES string of the molecule is CCc1ccc(S(=O)(=O)c2ncn(C(=O)N(CC)CC)n2)cc1. The van der Waals surface area contributed by atoms with E-state index in [2.05, 4.69) is 10.1 Å². The molecule has 1 amide bonds. The first-order valence-electron chi connectivity index (χ1n) is 7.49. The Kier molecular flexibility index (Phi) is 5.15. The number of benzene rings is 1. The number of amides is 1. The van der Waals surface area contributed by atoms with Crippen molar-refractivity contribution in [3.63, 3.8) is 0 Å². The number of aryl methyl sites for hydroxylation is 1. The molecule has 7 nitrogen and oxygen atoms in total. The topological polar surface area (TPSA) is 85.2 Å². The van der Waals surface area contributed by atoms with Gasteiger partial charge in [0.2, 0.25) is 9.84 Å². The summed E-state index contributed by atoms with van der Waals surface area (Å²) in [6.07, 6.45) is 1.96. The fourth-order valence-electron chi connectivity index (χ4n) is 2.11. The van der Waals surface area contributed by atoms with Crippen LogP contribution in [0.25, 0.3) is 0 Å². The molecule has 0 aliphatic carbocycles. The third-order valence-electron chi connectivity index (χ3n) is 3.58. The smallest absolute Gasteiger partial charge is 0.323 e. The first kappa shape index (κ1) is 17.1. The molecule has 0 unspecified atom stereocenters. The van der Waals surface area contributed by atoms with E-state index in [0.29, 0.717) is 13.1 Å². The lowest BCUT2D eigenvalue weighted by atomic mass is 10.2. The molecule has 0 fully saturated rings. The van der Waals surface area contributed by atoms with Crippen molar-refractivity contribution in [2.24, 2.45) is 0 Å². The lowest BCUT2D eigenvalue weighted by Gasteiger charge is -2.17. The summed E-state index contributed by atoms with van der Waals surface area (Å²) in [5.74, 6) is 0. The molecule has 0 aliphatic heterocycles. The van der Waals surface area contributed by atoms with Crippen LogP contribution in [-0.2, 0) is 16.3 Å². The minimum atomic E-state index is -3.83. The molecule has 23 heavy (non-hydrogen) atoms.